The number of sulfone groups is 1. The third kappa shape index (κ3) is 6.45. The third-order valence-electron chi connectivity index (χ3n) is 5.61. The average molecular weight is 438 g/mol. The van der Waals surface area contributed by atoms with Gasteiger partial charge in [0.15, 0.2) is 15.7 Å². The lowest BCUT2D eigenvalue weighted by molar-refractivity contribution is 0.278. The van der Waals surface area contributed by atoms with Gasteiger partial charge in [0.05, 0.1) is 12.4 Å². The number of halogens is 1. The molecule has 0 amide bonds. The zero-order valence-electron chi connectivity index (χ0n) is 18.0. The highest BCUT2D eigenvalue weighted by Crippen LogP contribution is 2.27. The Morgan fingerprint density at radius 3 is 2.60 bits per heavy atom. The first kappa shape index (κ1) is 22.6. The zero-order valence-corrected chi connectivity index (χ0v) is 18.8. The van der Waals surface area contributed by atoms with Gasteiger partial charge in [-0.3, -0.25) is 5.10 Å². The molecule has 0 bridgehead atoms. The summed E-state index contributed by atoms with van der Waals surface area (Å²) >= 11 is 0. The minimum atomic E-state index is -3.26. The summed E-state index contributed by atoms with van der Waals surface area (Å²) < 4.78 is 42.4. The fourth-order valence-electron chi connectivity index (χ4n) is 3.81. The van der Waals surface area contributed by atoms with Crippen LogP contribution in [0, 0.1) is 11.7 Å². The van der Waals surface area contributed by atoms with Gasteiger partial charge in [0.2, 0.25) is 0 Å². The van der Waals surface area contributed by atoms with Crippen LogP contribution in [-0.2, 0) is 15.6 Å². The lowest BCUT2D eigenvalue weighted by Gasteiger charge is -2.32. The number of hydrogen-bond acceptors (Lipinski definition) is 5. The molecule has 1 aromatic carbocycles. The Kier molecular flexibility index (Phi) is 7.39. The van der Waals surface area contributed by atoms with Gasteiger partial charge in [0, 0.05) is 42.7 Å². The topological polar surface area (TPSA) is 75.3 Å². The molecule has 0 radical (unpaired) electrons. The van der Waals surface area contributed by atoms with E-state index in [1.54, 1.807) is 6.07 Å². The molecule has 0 atom stereocenters. The molecule has 8 heteroatoms. The Balaban J connectivity index is 1.38. The number of benzene rings is 1. The number of nitrogens with zero attached hydrogens (tertiary/aromatic N) is 2. The van der Waals surface area contributed by atoms with Crippen LogP contribution in [-0.4, -0.2) is 44.6 Å². The summed E-state index contributed by atoms with van der Waals surface area (Å²) in [5, 5.41) is 7.57. The van der Waals surface area contributed by atoms with Crippen LogP contribution >= 0.6 is 0 Å². The van der Waals surface area contributed by atoms with Crippen molar-refractivity contribution in [2.75, 3.05) is 30.9 Å². The van der Waals surface area contributed by atoms with Crippen LogP contribution in [0.3, 0.4) is 0 Å². The monoisotopic (exact) mass is 437 g/mol. The molecule has 2 heterocycles. The van der Waals surface area contributed by atoms with Crippen molar-refractivity contribution < 1.29 is 17.5 Å². The normalized spacial score (nSPS) is 15.7. The summed E-state index contributed by atoms with van der Waals surface area (Å²) in [6.45, 7) is 6.87. The summed E-state index contributed by atoms with van der Waals surface area (Å²) in [6.07, 6.45) is 5.37. The molecular formula is C22H32FN3O3S. The highest BCUT2D eigenvalue weighted by Gasteiger charge is 2.21. The summed E-state index contributed by atoms with van der Waals surface area (Å²) in [7, 11) is -3.26. The summed E-state index contributed by atoms with van der Waals surface area (Å²) in [5.41, 5.74) is 1.35. The third-order valence-corrected chi connectivity index (χ3v) is 6.45. The van der Waals surface area contributed by atoms with Gasteiger partial charge in [0.25, 0.3) is 0 Å². The van der Waals surface area contributed by atoms with Gasteiger partial charge < -0.3 is 9.64 Å². The first-order chi connectivity index (χ1) is 14.2. The van der Waals surface area contributed by atoms with E-state index in [2.05, 4.69) is 35.0 Å². The average Bonchev–Trinajstić information content (AvgIpc) is 3.17. The summed E-state index contributed by atoms with van der Waals surface area (Å²) in [5.74, 6) is 1.77. The molecule has 0 unspecified atom stereocenters. The second-order valence-electron chi connectivity index (χ2n) is 8.58. The number of nitrogens with one attached hydrogen (secondary N) is 1. The molecule has 1 aliphatic heterocycles. The molecule has 0 spiro atoms. The number of aromatic amines is 1. The largest absolute Gasteiger partial charge is 0.493 e. The molecule has 1 saturated heterocycles. The Labute approximate surface area is 178 Å². The zero-order chi connectivity index (χ0) is 21.7. The fraction of sp³-hybridized carbons (Fsp3) is 0.591. The van der Waals surface area contributed by atoms with Gasteiger partial charge >= 0.3 is 0 Å². The van der Waals surface area contributed by atoms with Crippen LogP contribution in [0.15, 0.2) is 24.3 Å². The standard InChI is InChI=1S/C22H32FN3O3S/c1-16(2)21-14-22(25-24-21)26-10-8-17(9-11-26)5-4-12-29-19-7-6-18(20(23)13-19)15-30(3,27)28/h6-7,13-14,16-17H,4-5,8-12,15H2,1-3H3,(H,24,25). The Morgan fingerprint density at radius 2 is 2.00 bits per heavy atom. The number of ether oxygens (including phenoxy) is 1. The van der Waals surface area contributed by atoms with Crippen molar-refractivity contribution in [3.63, 3.8) is 0 Å². The Hall–Kier alpha value is -2.09. The minimum Gasteiger partial charge on any atom is -0.493 e. The molecule has 2 aromatic rings. The minimum absolute atomic E-state index is 0.175. The number of piperidine rings is 1. The maximum Gasteiger partial charge on any atom is 0.151 e. The van der Waals surface area contributed by atoms with Gasteiger partial charge in [-0.05, 0) is 43.6 Å². The Morgan fingerprint density at radius 1 is 1.27 bits per heavy atom. The van der Waals surface area contributed by atoms with Gasteiger partial charge in [-0.25, -0.2) is 12.8 Å². The van der Waals surface area contributed by atoms with E-state index in [1.807, 2.05) is 0 Å². The van der Waals surface area contributed by atoms with E-state index in [4.69, 9.17) is 4.74 Å². The number of anilines is 1. The molecule has 3 rings (SSSR count). The molecule has 1 N–H and O–H groups in total. The van der Waals surface area contributed by atoms with E-state index in [1.165, 1.54) is 17.8 Å². The van der Waals surface area contributed by atoms with E-state index in [0.717, 1.165) is 50.8 Å². The van der Waals surface area contributed by atoms with Crippen molar-refractivity contribution >= 4 is 15.7 Å². The molecule has 166 valence electrons. The van der Waals surface area contributed by atoms with Crippen molar-refractivity contribution in [3.8, 4) is 5.75 Å². The molecule has 0 aliphatic carbocycles. The summed E-state index contributed by atoms with van der Waals surface area (Å²) in [6, 6.07) is 6.55. The second-order valence-corrected chi connectivity index (χ2v) is 10.7. The number of aromatic nitrogens is 2. The van der Waals surface area contributed by atoms with E-state index < -0.39 is 15.7 Å². The van der Waals surface area contributed by atoms with Gasteiger partial charge in [0.1, 0.15) is 11.6 Å². The van der Waals surface area contributed by atoms with Crippen molar-refractivity contribution in [1.29, 1.82) is 0 Å². The number of hydrogen-bond donors (Lipinski definition) is 1. The first-order valence-corrected chi connectivity index (χ1v) is 12.7. The lowest BCUT2D eigenvalue weighted by atomic mass is 9.92. The van der Waals surface area contributed by atoms with E-state index >= 15 is 0 Å². The highest BCUT2D eigenvalue weighted by atomic mass is 32.2. The molecular weight excluding hydrogens is 405 g/mol. The van der Waals surface area contributed by atoms with Crippen LogP contribution in [0.4, 0.5) is 10.2 Å². The van der Waals surface area contributed by atoms with Gasteiger partial charge in [-0.1, -0.05) is 19.9 Å². The smallest absolute Gasteiger partial charge is 0.151 e. The number of H-pyrrole nitrogens is 1. The first-order valence-electron chi connectivity index (χ1n) is 10.6. The molecule has 1 fully saturated rings. The van der Waals surface area contributed by atoms with Crippen LogP contribution in [0.25, 0.3) is 0 Å². The van der Waals surface area contributed by atoms with Crippen LogP contribution in [0.1, 0.15) is 56.7 Å². The quantitative estimate of drug-likeness (QED) is 0.592. The predicted molar refractivity (Wildman–Crippen MR) is 117 cm³/mol. The molecule has 0 saturated carbocycles. The van der Waals surface area contributed by atoms with Gasteiger partial charge in [-0.2, -0.15) is 5.10 Å². The predicted octanol–water partition coefficient (Wildman–Crippen LogP) is 4.29. The molecule has 6 nitrogen and oxygen atoms in total. The maximum atomic E-state index is 14.0. The molecule has 1 aromatic heterocycles. The van der Waals surface area contributed by atoms with E-state index in [0.29, 0.717) is 24.2 Å². The SMILES string of the molecule is CC(C)c1cc(N2CCC(CCCOc3ccc(CS(C)(=O)=O)c(F)c3)CC2)n[nH]1. The van der Waals surface area contributed by atoms with Crippen molar-refractivity contribution in [2.24, 2.45) is 5.92 Å². The van der Waals surface area contributed by atoms with Crippen LogP contribution in [0.5, 0.6) is 5.75 Å². The molecule has 30 heavy (non-hydrogen) atoms. The highest BCUT2D eigenvalue weighted by molar-refractivity contribution is 7.89. The van der Waals surface area contributed by atoms with Crippen molar-refractivity contribution in [1.82, 2.24) is 10.2 Å². The molecule has 1 aliphatic rings. The Bertz CT molecular complexity index is 935. The van der Waals surface area contributed by atoms with Crippen LogP contribution in [0.2, 0.25) is 0 Å². The summed E-state index contributed by atoms with van der Waals surface area (Å²) in [4.78, 5) is 2.34. The maximum absolute atomic E-state index is 14.0. The lowest BCUT2D eigenvalue weighted by Crippen LogP contribution is -2.34. The van der Waals surface area contributed by atoms with E-state index in [9.17, 15) is 12.8 Å². The van der Waals surface area contributed by atoms with Crippen LogP contribution < -0.4 is 9.64 Å². The van der Waals surface area contributed by atoms with Crippen molar-refractivity contribution in [3.05, 3.63) is 41.3 Å². The fourth-order valence-corrected chi connectivity index (χ4v) is 4.61. The van der Waals surface area contributed by atoms with E-state index in [-0.39, 0.29) is 11.3 Å². The van der Waals surface area contributed by atoms with Gasteiger partial charge in [-0.15, -0.1) is 0 Å². The number of rotatable bonds is 9. The second kappa shape index (κ2) is 9.81. The van der Waals surface area contributed by atoms with Crippen molar-refractivity contribution in [2.45, 2.75) is 51.2 Å².